The lowest BCUT2D eigenvalue weighted by Crippen LogP contribution is -2.49. The van der Waals surface area contributed by atoms with Crippen molar-refractivity contribution in [3.8, 4) is 0 Å². The maximum absolute atomic E-state index is 11.1. The van der Waals surface area contributed by atoms with Gasteiger partial charge in [-0.05, 0) is 12.5 Å². The highest BCUT2D eigenvalue weighted by atomic mass is 16.5. The second kappa shape index (κ2) is 6.53. The lowest BCUT2D eigenvalue weighted by atomic mass is 9.66. The molecule has 1 aliphatic carbocycles. The predicted octanol–water partition coefficient (Wildman–Crippen LogP) is 2.62. The number of hydrogen-bond donors (Lipinski definition) is 1. The summed E-state index contributed by atoms with van der Waals surface area (Å²) in [5.74, 6) is 0.175. The van der Waals surface area contributed by atoms with Crippen molar-refractivity contribution in [2.75, 3.05) is 27.4 Å². The van der Waals surface area contributed by atoms with E-state index >= 15 is 0 Å². The number of ether oxygens (including phenoxy) is 2. The third-order valence-electron chi connectivity index (χ3n) is 4.31. The summed E-state index contributed by atoms with van der Waals surface area (Å²) in [5, 5.41) is 11.1. The van der Waals surface area contributed by atoms with Gasteiger partial charge in [0.15, 0.2) is 0 Å². The molecule has 0 amide bonds. The van der Waals surface area contributed by atoms with Gasteiger partial charge in [-0.3, -0.25) is 0 Å². The number of benzene rings is 1. The van der Waals surface area contributed by atoms with Crippen LogP contribution in [0.3, 0.4) is 0 Å². The van der Waals surface area contributed by atoms with Gasteiger partial charge in [-0.1, -0.05) is 42.5 Å². The number of rotatable bonds is 5. The van der Waals surface area contributed by atoms with E-state index in [2.05, 4.69) is 24.3 Å². The first-order valence-electron chi connectivity index (χ1n) is 7.04. The second-order valence-electron chi connectivity index (χ2n) is 5.68. The molecule has 0 aliphatic heterocycles. The zero-order valence-corrected chi connectivity index (χ0v) is 12.5. The van der Waals surface area contributed by atoms with E-state index in [0.717, 1.165) is 5.56 Å². The maximum atomic E-state index is 11.1. The van der Waals surface area contributed by atoms with Gasteiger partial charge >= 0.3 is 0 Å². The Morgan fingerprint density at radius 2 is 1.70 bits per heavy atom. The summed E-state index contributed by atoms with van der Waals surface area (Å²) < 4.78 is 10.6. The highest BCUT2D eigenvalue weighted by Gasteiger charge is 2.45. The molecule has 3 nitrogen and oxygen atoms in total. The maximum Gasteiger partial charge on any atom is 0.0778 e. The number of aliphatic hydroxyl groups is 1. The Morgan fingerprint density at radius 3 is 2.30 bits per heavy atom. The molecule has 110 valence electrons. The van der Waals surface area contributed by atoms with E-state index < -0.39 is 5.60 Å². The van der Waals surface area contributed by atoms with Gasteiger partial charge in [0.1, 0.15) is 0 Å². The smallest absolute Gasteiger partial charge is 0.0778 e. The van der Waals surface area contributed by atoms with Gasteiger partial charge in [-0.2, -0.15) is 0 Å². The quantitative estimate of drug-likeness (QED) is 0.840. The standard InChI is InChI=1S/C17H24O3/c1-17(18)15(13-7-5-4-6-8-13)10-9-14(11-19-2)16(17)12-20-3/h4-10,14-16,18H,11-12H2,1-3H3/t14-,15+,16+,17-/m0/s1. The predicted molar refractivity (Wildman–Crippen MR) is 79.7 cm³/mol. The molecule has 0 saturated heterocycles. The minimum atomic E-state index is -0.852. The van der Waals surface area contributed by atoms with E-state index in [1.807, 2.05) is 25.1 Å². The Bertz CT molecular complexity index is 439. The molecule has 1 N–H and O–H groups in total. The Morgan fingerprint density at radius 1 is 1.05 bits per heavy atom. The summed E-state index contributed by atoms with van der Waals surface area (Å²) >= 11 is 0. The van der Waals surface area contributed by atoms with Crippen LogP contribution in [0.4, 0.5) is 0 Å². The van der Waals surface area contributed by atoms with Crippen LogP contribution in [0, 0.1) is 11.8 Å². The van der Waals surface area contributed by atoms with Gasteiger partial charge in [0, 0.05) is 32.0 Å². The van der Waals surface area contributed by atoms with Gasteiger partial charge in [0.25, 0.3) is 0 Å². The van der Waals surface area contributed by atoms with Crippen molar-refractivity contribution < 1.29 is 14.6 Å². The fraction of sp³-hybridized carbons (Fsp3) is 0.529. The van der Waals surface area contributed by atoms with E-state index in [-0.39, 0.29) is 17.8 Å². The van der Waals surface area contributed by atoms with E-state index in [9.17, 15) is 5.11 Å². The van der Waals surface area contributed by atoms with E-state index in [4.69, 9.17) is 9.47 Å². The molecule has 1 aromatic carbocycles. The number of methoxy groups -OCH3 is 2. The van der Waals surface area contributed by atoms with Crippen LogP contribution in [0.25, 0.3) is 0 Å². The van der Waals surface area contributed by atoms with E-state index in [1.165, 1.54) is 0 Å². The van der Waals surface area contributed by atoms with Crippen LogP contribution < -0.4 is 0 Å². The summed E-state index contributed by atoms with van der Waals surface area (Å²) in [6.07, 6.45) is 4.26. The molecule has 0 spiro atoms. The van der Waals surface area contributed by atoms with E-state index in [0.29, 0.717) is 13.2 Å². The Balaban J connectivity index is 2.33. The molecule has 3 heteroatoms. The molecule has 1 aromatic rings. The molecular weight excluding hydrogens is 252 g/mol. The first-order valence-corrected chi connectivity index (χ1v) is 7.04. The molecule has 0 saturated carbocycles. The molecule has 0 radical (unpaired) electrons. The second-order valence-corrected chi connectivity index (χ2v) is 5.68. The normalized spacial score (nSPS) is 33.3. The fourth-order valence-corrected chi connectivity index (χ4v) is 3.19. The van der Waals surface area contributed by atoms with Gasteiger partial charge in [-0.25, -0.2) is 0 Å². The zero-order valence-electron chi connectivity index (χ0n) is 12.5. The summed E-state index contributed by atoms with van der Waals surface area (Å²) in [5.41, 5.74) is 0.278. The van der Waals surface area contributed by atoms with Gasteiger partial charge < -0.3 is 14.6 Å². The van der Waals surface area contributed by atoms with Crippen LogP contribution in [0.5, 0.6) is 0 Å². The van der Waals surface area contributed by atoms with Gasteiger partial charge in [0.05, 0.1) is 18.8 Å². The van der Waals surface area contributed by atoms with Crippen LogP contribution >= 0.6 is 0 Å². The average Bonchev–Trinajstić information content (AvgIpc) is 2.44. The molecular formula is C17H24O3. The Labute approximate surface area is 121 Å². The molecule has 4 atom stereocenters. The summed E-state index contributed by atoms with van der Waals surface area (Å²) in [4.78, 5) is 0. The summed E-state index contributed by atoms with van der Waals surface area (Å²) in [6.45, 7) is 3.03. The molecule has 0 aromatic heterocycles. The molecule has 0 heterocycles. The lowest BCUT2D eigenvalue weighted by molar-refractivity contribution is -0.0763. The fourth-order valence-electron chi connectivity index (χ4n) is 3.19. The first-order chi connectivity index (χ1) is 9.61. The number of hydrogen-bond acceptors (Lipinski definition) is 3. The SMILES string of the molecule is COC[C@@H]1[C@H](COC)C=C[C@H](c2ccccc2)[C@]1(C)O. The molecule has 0 unspecified atom stereocenters. The largest absolute Gasteiger partial charge is 0.389 e. The molecule has 2 rings (SSSR count). The van der Waals surface area contributed by atoms with Crippen LogP contribution in [0.2, 0.25) is 0 Å². The van der Waals surface area contributed by atoms with Crippen molar-refractivity contribution in [3.63, 3.8) is 0 Å². The monoisotopic (exact) mass is 276 g/mol. The Hall–Kier alpha value is -1.16. The Kier molecular flexibility index (Phi) is 4.97. The van der Waals surface area contributed by atoms with Crippen molar-refractivity contribution in [2.24, 2.45) is 11.8 Å². The third kappa shape index (κ3) is 2.95. The summed E-state index contributed by atoms with van der Waals surface area (Å²) in [7, 11) is 3.37. The molecule has 1 aliphatic rings. The minimum Gasteiger partial charge on any atom is -0.389 e. The van der Waals surface area contributed by atoms with Crippen molar-refractivity contribution in [1.29, 1.82) is 0 Å². The molecule has 0 fully saturated rings. The van der Waals surface area contributed by atoms with Crippen molar-refractivity contribution in [3.05, 3.63) is 48.0 Å². The highest BCUT2D eigenvalue weighted by Crippen LogP contribution is 2.43. The minimum absolute atomic E-state index is 0.0163. The lowest BCUT2D eigenvalue weighted by Gasteiger charge is -2.44. The van der Waals surface area contributed by atoms with Crippen molar-refractivity contribution >= 4 is 0 Å². The van der Waals surface area contributed by atoms with Crippen LogP contribution in [0.15, 0.2) is 42.5 Å². The van der Waals surface area contributed by atoms with Gasteiger partial charge in [0.2, 0.25) is 0 Å². The van der Waals surface area contributed by atoms with Crippen molar-refractivity contribution in [1.82, 2.24) is 0 Å². The molecule has 0 bridgehead atoms. The zero-order chi connectivity index (χ0) is 14.6. The first kappa shape index (κ1) is 15.2. The average molecular weight is 276 g/mol. The van der Waals surface area contributed by atoms with Crippen molar-refractivity contribution in [2.45, 2.75) is 18.4 Å². The highest BCUT2D eigenvalue weighted by molar-refractivity contribution is 5.30. The van der Waals surface area contributed by atoms with E-state index in [1.54, 1.807) is 14.2 Å². The summed E-state index contributed by atoms with van der Waals surface area (Å²) in [6, 6.07) is 10.1. The topological polar surface area (TPSA) is 38.7 Å². The van der Waals surface area contributed by atoms with Crippen LogP contribution in [-0.4, -0.2) is 38.1 Å². The van der Waals surface area contributed by atoms with Crippen LogP contribution in [0.1, 0.15) is 18.4 Å². The van der Waals surface area contributed by atoms with Gasteiger partial charge in [-0.15, -0.1) is 0 Å². The molecule has 20 heavy (non-hydrogen) atoms. The van der Waals surface area contributed by atoms with Crippen LogP contribution in [-0.2, 0) is 9.47 Å². The third-order valence-corrected chi connectivity index (χ3v) is 4.31.